The highest BCUT2D eigenvalue weighted by atomic mass is 16.3. The SMILES string of the molecule is CC(C)CCC[C@@H](C)[C@H]1CC[C@H]2/C(=C/C(=O)Nc3ccc(O)cc3)CCC[C@]12C. The first-order valence-corrected chi connectivity index (χ1v) is 11.6. The molecule has 3 nitrogen and oxygen atoms in total. The van der Waals surface area contributed by atoms with E-state index in [1.165, 1.54) is 50.5 Å². The lowest BCUT2D eigenvalue weighted by atomic mass is 9.60. The molecule has 3 rings (SSSR count). The molecule has 29 heavy (non-hydrogen) atoms. The molecule has 160 valence electrons. The van der Waals surface area contributed by atoms with Gasteiger partial charge < -0.3 is 10.4 Å². The fourth-order valence-corrected chi connectivity index (χ4v) is 6.13. The van der Waals surface area contributed by atoms with E-state index in [0.29, 0.717) is 11.3 Å². The fraction of sp³-hybridized carbons (Fsp3) is 0.654. The van der Waals surface area contributed by atoms with Crippen LogP contribution in [0, 0.1) is 29.1 Å². The molecule has 2 saturated carbocycles. The van der Waals surface area contributed by atoms with Crippen molar-refractivity contribution >= 4 is 11.6 Å². The normalized spacial score (nSPS) is 29.1. The van der Waals surface area contributed by atoms with E-state index in [9.17, 15) is 9.90 Å². The smallest absolute Gasteiger partial charge is 0.248 e. The lowest BCUT2D eigenvalue weighted by Crippen LogP contribution is -2.36. The van der Waals surface area contributed by atoms with Gasteiger partial charge in [0.15, 0.2) is 0 Å². The van der Waals surface area contributed by atoms with Crippen LogP contribution in [0.3, 0.4) is 0 Å². The molecule has 0 heterocycles. The van der Waals surface area contributed by atoms with Crippen molar-refractivity contribution in [2.45, 2.75) is 79.1 Å². The Morgan fingerprint density at radius 3 is 2.62 bits per heavy atom. The number of benzene rings is 1. The number of phenolic OH excluding ortho intramolecular Hbond substituents is 1. The molecular weight excluding hydrogens is 358 g/mol. The number of allylic oxidation sites excluding steroid dienone is 1. The molecule has 0 saturated heterocycles. The molecule has 2 aliphatic rings. The van der Waals surface area contributed by atoms with E-state index < -0.39 is 0 Å². The molecule has 0 aliphatic heterocycles. The highest BCUT2D eigenvalue weighted by Crippen LogP contribution is 2.59. The number of rotatable bonds is 7. The molecular formula is C26H39NO2. The maximum Gasteiger partial charge on any atom is 0.248 e. The molecule has 1 aromatic carbocycles. The number of nitrogens with one attached hydrogen (secondary N) is 1. The molecule has 0 unspecified atom stereocenters. The molecule has 0 radical (unpaired) electrons. The van der Waals surface area contributed by atoms with E-state index >= 15 is 0 Å². The highest BCUT2D eigenvalue weighted by Gasteiger charge is 2.50. The molecule has 2 fully saturated rings. The van der Waals surface area contributed by atoms with E-state index in [2.05, 4.69) is 33.0 Å². The number of fused-ring (bicyclic) bond motifs is 1. The first kappa shape index (κ1) is 21.9. The van der Waals surface area contributed by atoms with Crippen LogP contribution in [-0.4, -0.2) is 11.0 Å². The number of hydrogen-bond acceptors (Lipinski definition) is 2. The third-order valence-corrected chi connectivity index (χ3v) is 7.62. The molecule has 2 N–H and O–H groups in total. The van der Waals surface area contributed by atoms with Gasteiger partial charge >= 0.3 is 0 Å². The summed E-state index contributed by atoms with van der Waals surface area (Å²) in [5, 5.41) is 12.4. The Morgan fingerprint density at radius 2 is 1.93 bits per heavy atom. The van der Waals surface area contributed by atoms with Gasteiger partial charge in [-0.15, -0.1) is 0 Å². The Hall–Kier alpha value is -1.77. The van der Waals surface area contributed by atoms with Crippen molar-refractivity contribution in [1.29, 1.82) is 0 Å². The first-order chi connectivity index (χ1) is 13.8. The van der Waals surface area contributed by atoms with Gasteiger partial charge in [0.25, 0.3) is 0 Å². The molecule has 1 amide bonds. The zero-order valence-corrected chi connectivity index (χ0v) is 18.7. The van der Waals surface area contributed by atoms with Crippen LogP contribution in [0.5, 0.6) is 5.75 Å². The maximum atomic E-state index is 12.6. The minimum Gasteiger partial charge on any atom is -0.508 e. The predicted octanol–water partition coefficient (Wildman–Crippen LogP) is 6.94. The number of carbonyl (C=O) groups excluding carboxylic acids is 1. The monoisotopic (exact) mass is 397 g/mol. The summed E-state index contributed by atoms with van der Waals surface area (Å²) in [6.45, 7) is 9.60. The zero-order chi connectivity index (χ0) is 21.0. The van der Waals surface area contributed by atoms with Crippen LogP contribution in [0.1, 0.15) is 79.1 Å². The summed E-state index contributed by atoms with van der Waals surface area (Å²) in [6.07, 6.45) is 12.0. The van der Waals surface area contributed by atoms with Gasteiger partial charge in [0.05, 0.1) is 0 Å². The summed E-state index contributed by atoms with van der Waals surface area (Å²) >= 11 is 0. The van der Waals surface area contributed by atoms with Gasteiger partial charge in [-0.1, -0.05) is 52.5 Å². The Balaban J connectivity index is 1.66. The second-order valence-electron chi connectivity index (χ2n) is 10.2. The summed E-state index contributed by atoms with van der Waals surface area (Å²) in [6, 6.07) is 6.67. The van der Waals surface area contributed by atoms with Gasteiger partial charge in [0.2, 0.25) is 5.91 Å². The minimum atomic E-state index is -0.0385. The average molecular weight is 398 g/mol. The van der Waals surface area contributed by atoms with Crippen LogP contribution in [0.2, 0.25) is 0 Å². The second-order valence-corrected chi connectivity index (χ2v) is 10.2. The predicted molar refractivity (Wildman–Crippen MR) is 121 cm³/mol. The number of carbonyl (C=O) groups is 1. The number of phenols is 1. The Bertz CT molecular complexity index is 721. The molecule has 0 aromatic heterocycles. The maximum absolute atomic E-state index is 12.6. The molecule has 0 bridgehead atoms. The Morgan fingerprint density at radius 1 is 1.21 bits per heavy atom. The molecule has 4 atom stereocenters. The van der Waals surface area contributed by atoms with Crippen LogP contribution < -0.4 is 5.32 Å². The fourth-order valence-electron chi connectivity index (χ4n) is 6.13. The lowest BCUT2D eigenvalue weighted by Gasteiger charge is -2.44. The summed E-state index contributed by atoms with van der Waals surface area (Å²) < 4.78 is 0. The van der Waals surface area contributed by atoms with Gasteiger partial charge in [-0.25, -0.2) is 0 Å². The van der Waals surface area contributed by atoms with Gasteiger partial charge in [0.1, 0.15) is 5.75 Å². The average Bonchev–Trinajstić information content (AvgIpc) is 3.01. The number of aromatic hydroxyl groups is 1. The van der Waals surface area contributed by atoms with Crippen molar-refractivity contribution in [2.75, 3.05) is 5.32 Å². The summed E-state index contributed by atoms with van der Waals surface area (Å²) in [4.78, 5) is 12.6. The standard InChI is InChI=1S/C26H39NO2/c1-18(2)7-5-8-19(3)23-14-15-24-20(9-6-16-26(23,24)4)17-25(29)27-21-10-12-22(28)13-11-21/h10-13,17-19,23-24,28H,5-9,14-16H2,1-4H3,(H,27,29)/b20-17+/t19-,23-,24+,26-/m1/s1. The lowest BCUT2D eigenvalue weighted by molar-refractivity contribution is -0.112. The second kappa shape index (κ2) is 9.36. The van der Waals surface area contributed by atoms with Gasteiger partial charge in [0, 0.05) is 11.8 Å². The molecule has 2 aliphatic carbocycles. The summed E-state index contributed by atoms with van der Waals surface area (Å²) in [7, 11) is 0. The number of amides is 1. The Kier molecular flexibility index (Phi) is 7.08. The van der Waals surface area contributed by atoms with Crippen molar-refractivity contribution in [1.82, 2.24) is 0 Å². The third-order valence-electron chi connectivity index (χ3n) is 7.62. The van der Waals surface area contributed by atoms with Crippen LogP contribution in [0.15, 0.2) is 35.9 Å². The van der Waals surface area contributed by atoms with Crippen molar-refractivity contribution in [3.05, 3.63) is 35.9 Å². The van der Waals surface area contributed by atoms with Gasteiger partial charge in [-0.05, 0) is 85.5 Å². The van der Waals surface area contributed by atoms with E-state index in [0.717, 1.165) is 29.9 Å². The van der Waals surface area contributed by atoms with E-state index in [1.807, 2.05) is 6.08 Å². The van der Waals surface area contributed by atoms with Crippen LogP contribution >= 0.6 is 0 Å². The Labute approximate surface area is 177 Å². The van der Waals surface area contributed by atoms with Gasteiger partial charge in [-0.3, -0.25) is 4.79 Å². The topological polar surface area (TPSA) is 49.3 Å². The first-order valence-electron chi connectivity index (χ1n) is 11.6. The van der Waals surface area contributed by atoms with E-state index in [-0.39, 0.29) is 11.7 Å². The molecule has 0 spiro atoms. The van der Waals surface area contributed by atoms with Crippen LogP contribution in [0.4, 0.5) is 5.69 Å². The van der Waals surface area contributed by atoms with Crippen molar-refractivity contribution in [3.63, 3.8) is 0 Å². The van der Waals surface area contributed by atoms with E-state index in [4.69, 9.17) is 0 Å². The minimum absolute atomic E-state index is 0.0385. The number of hydrogen-bond donors (Lipinski definition) is 2. The molecule has 3 heteroatoms. The van der Waals surface area contributed by atoms with Crippen molar-refractivity contribution in [2.24, 2.45) is 29.1 Å². The highest BCUT2D eigenvalue weighted by molar-refractivity contribution is 5.99. The van der Waals surface area contributed by atoms with E-state index in [1.54, 1.807) is 24.3 Å². The number of anilines is 1. The summed E-state index contributed by atoms with van der Waals surface area (Å²) in [5.74, 6) is 3.08. The van der Waals surface area contributed by atoms with Crippen LogP contribution in [0.25, 0.3) is 0 Å². The van der Waals surface area contributed by atoms with Crippen molar-refractivity contribution in [3.8, 4) is 5.75 Å². The zero-order valence-electron chi connectivity index (χ0n) is 18.7. The third kappa shape index (κ3) is 5.24. The van der Waals surface area contributed by atoms with Crippen LogP contribution in [-0.2, 0) is 4.79 Å². The largest absolute Gasteiger partial charge is 0.508 e. The quantitative estimate of drug-likeness (QED) is 0.387. The van der Waals surface area contributed by atoms with Gasteiger partial charge in [-0.2, -0.15) is 0 Å². The summed E-state index contributed by atoms with van der Waals surface area (Å²) in [5.41, 5.74) is 2.43. The van der Waals surface area contributed by atoms with Crippen molar-refractivity contribution < 1.29 is 9.90 Å². The molecule has 1 aromatic rings.